The highest BCUT2D eigenvalue weighted by Crippen LogP contribution is 2.21. The van der Waals surface area contributed by atoms with Crippen molar-refractivity contribution in [1.29, 1.82) is 0 Å². The van der Waals surface area contributed by atoms with Gasteiger partial charge in [-0.15, -0.1) is 0 Å². The first kappa shape index (κ1) is 20.4. The van der Waals surface area contributed by atoms with Crippen molar-refractivity contribution in [2.45, 2.75) is 17.3 Å². The molecule has 4 rings (SSSR count). The molecule has 0 bridgehead atoms. The highest BCUT2D eigenvalue weighted by Gasteiger charge is 2.22. The molecule has 0 unspecified atom stereocenters. The minimum absolute atomic E-state index is 0.280. The van der Waals surface area contributed by atoms with Gasteiger partial charge in [-0.3, -0.25) is 9.88 Å². The summed E-state index contributed by atoms with van der Waals surface area (Å²) in [5.74, 6) is 1.38. The van der Waals surface area contributed by atoms with E-state index in [9.17, 15) is 4.79 Å². The molecule has 0 saturated carbocycles. The van der Waals surface area contributed by atoms with Gasteiger partial charge in [-0.25, -0.2) is 9.78 Å². The number of rotatable bonds is 7. The highest BCUT2D eigenvalue weighted by atomic mass is 32.2. The zero-order valence-corrected chi connectivity index (χ0v) is 17.6. The number of imidazole rings is 1. The largest absolute Gasteiger partial charge is 0.415 e. The maximum atomic E-state index is 12.5. The van der Waals surface area contributed by atoms with Gasteiger partial charge in [0.05, 0.1) is 0 Å². The van der Waals surface area contributed by atoms with Crippen LogP contribution in [0.15, 0.2) is 66.2 Å². The third-order valence-electron chi connectivity index (χ3n) is 5.02. The second-order valence-electron chi connectivity index (χ2n) is 7.09. The molecule has 0 atom stereocenters. The second kappa shape index (κ2) is 10.3. The van der Waals surface area contributed by atoms with E-state index in [1.165, 1.54) is 0 Å². The first-order chi connectivity index (χ1) is 14.8. The minimum atomic E-state index is -0.280. The van der Waals surface area contributed by atoms with Gasteiger partial charge in [-0.05, 0) is 29.8 Å². The average molecular weight is 424 g/mol. The third-order valence-corrected chi connectivity index (χ3v) is 5.99. The number of hydrogen-bond acceptors (Lipinski definition) is 6. The molecule has 30 heavy (non-hydrogen) atoms. The van der Waals surface area contributed by atoms with Crippen LogP contribution in [-0.2, 0) is 12.2 Å². The van der Waals surface area contributed by atoms with Gasteiger partial charge in [-0.1, -0.05) is 30.0 Å². The minimum Gasteiger partial charge on any atom is -0.410 e. The van der Waals surface area contributed by atoms with E-state index in [0.717, 1.165) is 48.2 Å². The number of pyridine rings is 1. The van der Waals surface area contributed by atoms with Gasteiger partial charge in [0.15, 0.2) is 5.16 Å². The maximum absolute atomic E-state index is 12.5. The summed E-state index contributed by atoms with van der Waals surface area (Å²) < 4.78 is 5.56. The number of piperazine rings is 1. The predicted octanol–water partition coefficient (Wildman–Crippen LogP) is 3.46. The van der Waals surface area contributed by atoms with Gasteiger partial charge in [0.25, 0.3) is 0 Å². The van der Waals surface area contributed by atoms with E-state index < -0.39 is 0 Å². The number of aromatic amines is 1. The molecule has 156 valence electrons. The Morgan fingerprint density at radius 3 is 2.57 bits per heavy atom. The third kappa shape index (κ3) is 5.84. The quantitative estimate of drug-likeness (QED) is 0.587. The van der Waals surface area contributed by atoms with Crippen LogP contribution in [-0.4, -0.2) is 63.6 Å². The van der Waals surface area contributed by atoms with E-state index in [1.807, 2.05) is 48.8 Å². The Morgan fingerprint density at radius 2 is 1.87 bits per heavy atom. The number of hydrogen-bond donors (Lipinski definition) is 1. The standard InChI is InChI=1S/C22H25N5O2S/c28-22(27-15-13-26(14-16-27)12-8-19-3-1-2-9-23-19)29-20-6-4-18(5-7-20)17-30-21-24-10-11-25-21/h1-7,9-11H,8,12-17H2,(H,24,25). The molecule has 7 nitrogen and oxygen atoms in total. The molecule has 0 radical (unpaired) electrons. The van der Waals surface area contributed by atoms with Crippen LogP contribution >= 0.6 is 11.8 Å². The summed E-state index contributed by atoms with van der Waals surface area (Å²) in [7, 11) is 0. The summed E-state index contributed by atoms with van der Waals surface area (Å²) in [6.45, 7) is 4.02. The molecule has 3 aromatic rings. The Hall–Kier alpha value is -2.84. The van der Waals surface area contributed by atoms with E-state index in [-0.39, 0.29) is 6.09 Å². The van der Waals surface area contributed by atoms with Crippen LogP contribution in [0.5, 0.6) is 5.75 Å². The number of carbonyl (C=O) groups is 1. The zero-order chi connectivity index (χ0) is 20.6. The maximum Gasteiger partial charge on any atom is 0.415 e. The predicted molar refractivity (Wildman–Crippen MR) is 117 cm³/mol. The SMILES string of the molecule is O=C(Oc1ccc(CSc2ncc[nH]2)cc1)N1CCN(CCc2ccccn2)CC1. The van der Waals surface area contributed by atoms with Crippen molar-refractivity contribution in [2.24, 2.45) is 0 Å². The van der Waals surface area contributed by atoms with Gasteiger partial charge in [0, 0.05) is 69.2 Å². The number of ether oxygens (including phenoxy) is 1. The Balaban J connectivity index is 1.19. The Morgan fingerprint density at radius 1 is 1.03 bits per heavy atom. The van der Waals surface area contributed by atoms with Crippen LogP contribution in [0, 0.1) is 0 Å². The van der Waals surface area contributed by atoms with Crippen LogP contribution in [0.4, 0.5) is 4.79 Å². The molecule has 1 aliphatic rings. The molecule has 0 aliphatic carbocycles. The summed E-state index contributed by atoms with van der Waals surface area (Å²) >= 11 is 1.63. The van der Waals surface area contributed by atoms with Crippen LogP contribution in [0.3, 0.4) is 0 Å². The fourth-order valence-corrected chi connectivity index (χ4v) is 4.06. The fraction of sp³-hybridized carbons (Fsp3) is 0.318. The van der Waals surface area contributed by atoms with Crippen molar-refractivity contribution < 1.29 is 9.53 Å². The van der Waals surface area contributed by atoms with Crippen molar-refractivity contribution in [3.05, 3.63) is 72.3 Å². The van der Waals surface area contributed by atoms with Gasteiger partial charge >= 0.3 is 6.09 Å². The van der Waals surface area contributed by atoms with E-state index in [1.54, 1.807) is 22.9 Å². The topological polar surface area (TPSA) is 74.3 Å². The molecule has 1 amide bonds. The van der Waals surface area contributed by atoms with Crippen molar-refractivity contribution in [3.63, 3.8) is 0 Å². The lowest BCUT2D eigenvalue weighted by atomic mass is 10.2. The number of amides is 1. The van der Waals surface area contributed by atoms with Crippen LogP contribution < -0.4 is 4.74 Å². The Labute approximate surface area is 180 Å². The molecule has 0 spiro atoms. The lowest BCUT2D eigenvalue weighted by Gasteiger charge is -2.33. The van der Waals surface area contributed by atoms with Gasteiger partial charge in [0.1, 0.15) is 5.75 Å². The van der Waals surface area contributed by atoms with E-state index in [0.29, 0.717) is 18.8 Å². The first-order valence-corrected chi connectivity index (χ1v) is 11.0. The van der Waals surface area contributed by atoms with Crippen LogP contribution in [0.1, 0.15) is 11.3 Å². The molecule has 1 aliphatic heterocycles. The lowest BCUT2D eigenvalue weighted by molar-refractivity contribution is 0.111. The molecule has 1 saturated heterocycles. The average Bonchev–Trinajstić information content (AvgIpc) is 3.32. The highest BCUT2D eigenvalue weighted by molar-refractivity contribution is 7.98. The second-order valence-corrected chi connectivity index (χ2v) is 8.06. The molecular formula is C22H25N5O2S. The van der Waals surface area contributed by atoms with Crippen LogP contribution in [0.25, 0.3) is 0 Å². The molecule has 1 fully saturated rings. The number of nitrogens with zero attached hydrogens (tertiary/aromatic N) is 4. The van der Waals surface area contributed by atoms with Crippen molar-refractivity contribution in [1.82, 2.24) is 24.8 Å². The lowest BCUT2D eigenvalue weighted by Crippen LogP contribution is -2.49. The van der Waals surface area contributed by atoms with Crippen molar-refractivity contribution >= 4 is 17.9 Å². The molecule has 1 N–H and O–H groups in total. The van der Waals surface area contributed by atoms with Crippen molar-refractivity contribution in [2.75, 3.05) is 32.7 Å². The number of aromatic nitrogens is 3. The van der Waals surface area contributed by atoms with Crippen LogP contribution in [0.2, 0.25) is 0 Å². The number of benzene rings is 1. The normalized spacial score (nSPS) is 14.6. The van der Waals surface area contributed by atoms with Gasteiger partial charge in [-0.2, -0.15) is 0 Å². The van der Waals surface area contributed by atoms with E-state index in [4.69, 9.17) is 4.74 Å². The number of carbonyl (C=O) groups excluding carboxylic acids is 1. The zero-order valence-electron chi connectivity index (χ0n) is 16.7. The summed E-state index contributed by atoms with van der Waals surface area (Å²) in [4.78, 5) is 28.3. The summed E-state index contributed by atoms with van der Waals surface area (Å²) in [6, 6.07) is 13.6. The summed E-state index contributed by atoms with van der Waals surface area (Å²) in [5, 5.41) is 0.893. The Kier molecular flexibility index (Phi) is 6.99. The van der Waals surface area contributed by atoms with Gasteiger partial charge in [0.2, 0.25) is 0 Å². The fourth-order valence-electron chi connectivity index (χ4n) is 3.27. The molecule has 3 heterocycles. The van der Waals surface area contributed by atoms with E-state index in [2.05, 4.69) is 25.9 Å². The van der Waals surface area contributed by atoms with E-state index >= 15 is 0 Å². The number of nitrogens with one attached hydrogen (secondary N) is 1. The molecule has 8 heteroatoms. The number of thioether (sulfide) groups is 1. The summed E-state index contributed by atoms with van der Waals surface area (Å²) in [6.07, 6.45) is 6.03. The van der Waals surface area contributed by atoms with Crippen molar-refractivity contribution in [3.8, 4) is 5.75 Å². The molecule has 2 aromatic heterocycles. The monoisotopic (exact) mass is 423 g/mol. The Bertz CT molecular complexity index is 910. The molecular weight excluding hydrogens is 398 g/mol. The van der Waals surface area contributed by atoms with Gasteiger partial charge < -0.3 is 14.6 Å². The molecule has 1 aromatic carbocycles. The number of H-pyrrole nitrogens is 1. The first-order valence-electron chi connectivity index (χ1n) is 10.1. The smallest absolute Gasteiger partial charge is 0.410 e. The summed E-state index contributed by atoms with van der Waals surface area (Å²) in [5.41, 5.74) is 2.25.